The summed E-state index contributed by atoms with van der Waals surface area (Å²) in [5.41, 5.74) is 5.66. The fourth-order valence-corrected chi connectivity index (χ4v) is 3.61. The van der Waals surface area contributed by atoms with Crippen LogP contribution >= 0.6 is 27.3 Å². The van der Waals surface area contributed by atoms with E-state index >= 15 is 0 Å². The highest BCUT2D eigenvalue weighted by Gasteiger charge is 2.13. The summed E-state index contributed by atoms with van der Waals surface area (Å²) in [7, 11) is 0. The van der Waals surface area contributed by atoms with E-state index in [2.05, 4.69) is 33.0 Å². The van der Waals surface area contributed by atoms with E-state index in [-0.39, 0.29) is 0 Å². The van der Waals surface area contributed by atoms with Gasteiger partial charge < -0.3 is 10.3 Å². The van der Waals surface area contributed by atoms with E-state index in [0.29, 0.717) is 11.7 Å². The number of halogens is 1. The van der Waals surface area contributed by atoms with E-state index in [9.17, 15) is 0 Å². The summed E-state index contributed by atoms with van der Waals surface area (Å²) in [6, 6.07) is 3.99. The third-order valence-electron chi connectivity index (χ3n) is 3.30. The molecule has 2 aromatic heterocycles. The van der Waals surface area contributed by atoms with E-state index < -0.39 is 0 Å². The number of aromatic nitrogens is 2. The third-order valence-corrected chi connectivity index (χ3v) is 4.92. The number of aryl methyl sites for hydroxylation is 1. The average Bonchev–Trinajstić information content (AvgIpc) is 3.05. The molecular formula is C14H20BrN3OS. The second-order valence-corrected chi connectivity index (χ2v) is 7.35. The van der Waals surface area contributed by atoms with Crippen molar-refractivity contribution in [1.82, 2.24) is 10.1 Å². The molecule has 2 N–H and O–H groups in total. The van der Waals surface area contributed by atoms with E-state index in [1.54, 1.807) is 11.3 Å². The molecule has 20 heavy (non-hydrogen) atoms. The summed E-state index contributed by atoms with van der Waals surface area (Å²) in [5.74, 6) is 2.07. The molecule has 0 aliphatic carbocycles. The summed E-state index contributed by atoms with van der Waals surface area (Å²) in [4.78, 5) is 5.49. The van der Waals surface area contributed by atoms with Crippen LogP contribution in [0.15, 0.2) is 20.4 Å². The molecule has 110 valence electrons. The van der Waals surface area contributed by atoms with Gasteiger partial charge in [-0.1, -0.05) is 24.9 Å². The van der Waals surface area contributed by atoms with Crippen molar-refractivity contribution in [2.24, 2.45) is 11.7 Å². The summed E-state index contributed by atoms with van der Waals surface area (Å²) >= 11 is 5.05. The monoisotopic (exact) mass is 357 g/mol. The number of rotatable bonds is 8. The Bertz CT molecular complexity index is 520. The van der Waals surface area contributed by atoms with Crippen LogP contribution in [0.2, 0.25) is 0 Å². The van der Waals surface area contributed by atoms with Gasteiger partial charge >= 0.3 is 0 Å². The van der Waals surface area contributed by atoms with Crippen molar-refractivity contribution in [3.8, 4) is 10.7 Å². The van der Waals surface area contributed by atoms with Gasteiger partial charge in [-0.05, 0) is 53.4 Å². The van der Waals surface area contributed by atoms with E-state index in [1.165, 1.54) is 12.8 Å². The Kier molecular flexibility index (Phi) is 6.19. The van der Waals surface area contributed by atoms with Crippen LogP contribution < -0.4 is 5.73 Å². The van der Waals surface area contributed by atoms with Crippen molar-refractivity contribution in [2.45, 2.75) is 39.0 Å². The Labute approximate surface area is 131 Å². The summed E-state index contributed by atoms with van der Waals surface area (Å²) < 4.78 is 6.41. The molecule has 0 amide bonds. The van der Waals surface area contributed by atoms with Crippen LogP contribution in [0.3, 0.4) is 0 Å². The van der Waals surface area contributed by atoms with Gasteiger partial charge in [0.25, 0.3) is 0 Å². The molecule has 4 nitrogen and oxygen atoms in total. The predicted octanol–water partition coefficient (Wildman–Crippen LogP) is 4.26. The lowest BCUT2D eigenvalue weighted by Gasteiger charge is -2.13. The van der Waals surface area contributed by atoms with E-state index in [0.717, 1.165) is 40.4 Å². The van der Waals surface area contributed by atoms with Crippen LogP contribution in [-0.2, 0) is 6.42 Å². The maximum atomic E-state index is 5.66. The van der Waals surface area contributed by atoms with Gasteiger partial charge in [0.15, 0.2) is 0 Å². The molecule has 2 rings (SSSR count). The Hall–Kier alpha value is -0.720. The molecule has 1 atom stereocenters. The second kappa shape index (κ2) is 7.90. The van der Waals surface area contributed by atoms with E-state index in [1.807, 2.05) is 12.1 Å². The van der Waals surface area contributed by atoms with Crippen molar-refractivity contribution in [2.75, 3.05) is 6.54 Å². The minimum atomic E-state index is 0.663. The molecule has 0 saturated carbocycles. The molecular weight excluding hydrogens is 338 g/mol. The normalized spacial score (nSPS) is 12.8. The highest BCUT2D eigenvalue weighted by atomic mass is 79.9. The van der Waals surface area contributed by atoms with Crippen molar-refractivity contribution in [3.05, 3.63) is 21.8 Å². The van der Waals surface area contributed by atoms with Crippen LogP contribution in [0, 0.1) is 5.92 Å². The maximum Gasteiger partial charge on any atom is 0.226 e. The highest BCUT2D eigenvalue weighted by Crippen LogP contribution is 2.29. The first-order valence-corrected chi connectivity index (χ1v) is 8.62. The quantitative estimate of drug-likeness (QED) is 0.766. The van der Waals surface area contributed by atoms with Crippen molar-refractivity contribution >= 4 is 27.3 Å². The molecule has 0 fully saturated rings. The van der Waals surface area contributed by atoms with Crippen molar-refractivity contribution in [3.63, 3.8) is 0 Å². The summed E-state index contributed by atoms with van der Waals surface area (Å²) in [6.07, 6.45) is 5.40. The lowest BCUT2D eigenvalue weighted by molar-refractivity contribution is 0.349. The molecule has 0 aromatic carbocycles. The van der Waals surface area contributed by atoms with Gasteiger partial charge in [-0.15, -0.1) is 11.3 Å². The highest BCUT2D eigenvalue weighted by molar-refractivity contribution is 9.11. The molecule has 0 bridgehead atoms. The number of hydrogen-bond donors (Lipinski definition) is 1. The van der Waals surface area contributed by atoms with E-state index in [4.69, 9.17) is 10.3 Å². The first-order valence-electron chi connectivity index (χ1n) is 7.01. The number of nitrogens with zero attached hydrogens (tertiary/aromatic N) is 2. The molecule has 2 aromatic rings. The Morgan fingerprint density at radius 2 is 2.20 bits per heavy atom. The molecule has 0 aliphatic heterocycles. The first kappa shape index (κ1) is 15.7. The first-order chi connectivity index (χ1) is 9.72. The number of nitrogens with two attached hydrogens (primary N) is 1. The minimum Gasteiger partial charge on any atom is -0.339 e. The zero-order chi connectivity index (χ0) is 14.4. The second-order valence-electron chi connectivity index (χ2n) is 4.89. The Morgan fingerprint density at radius 3 is 2.85 bits per heavy atom. The third kappa shape index (κ3) is 4.40. The summed E-state index contributed by atoms with van der Waals surface area (Å²) in [5, 5.41) is 4.05. The molecule has 6 heteroatoms. The van der Waals surface area contributed by atoms with Crippen molar-refractivity contribution in [1.29, 1.82) is 0 Å². The predicted molar refractivity (Wildman–Crippen MR) is 85.7 cm³/mol. The average molecular weight is 358 g/mol. The molecule has 0 aliphatic rings. The molecule has 0 saturated heterocycles. The fraction of sp³-hybridized carbons (Fsp3) is 0.571. The molecule has 2 heterocycles. The zero-order valence-electron chi connectivity index (χ0n) is 11.6. The molecule has 1 unspecified atom stereocenters. The zero-order valence-corrected chi connectivity index (χ0v) is 14.0. The van der Waals surface area contributed by atoms with Crippen molar-refractivity contribution < 1.29 is 4.52 Å². The Morgan fingerprint density at radius 1 is 1.35 bits per heavy atom. The topological polar surface area (TPSA) is 64.9 Å². The van der Waals surface area contributed by atoms with Crippen LogP contribution in [0.1, 0.15) is 38.5 Å². The van der Waals surface area contributed by atoms with Crippen LogP contribution in [-0.4, -0.2) is 16.7 Å². The van der Waals surface area contributed by atoms with Gasteiger partial charge in [0.1, 0.15) is 0 Å². The molecule has 0 radical (unpaired) electrons. The SMILES string of the molecule is CCCC(CCN)CCc1nc(-c2ccc(Br)s2)no1. The van der Waals surface area contributed by atoms with Crippen LogP contribution in [0.5, 0.6) is 0 Å². The smallest absolute Gasteiger partial charge is 0.226 e. The van der Waals surface area contributed by atoms with Gasteiger partial charge in [0.05, 0.1) is 8.66 Å². The van der Waals surface area contributed by atoms with Gasteiger partial charge in [0, 0.05) is 6.42 Å². The maximum absolute atomic E-state index is 5.66. The lowest BCUT2D eigenvalue weighted by Crippen LogP contribution is -2.09. The van der Waals surface area contributed by atoms with Gasteiger partial charge in [0.2, 0.25) is 11.7 Å². The Balaban J connectivity index is 1.92. The fourth-order valence-electron chi connectivity index (χ4n) is 2.30. The molecule has 0 spiro atoms. The number of thiophene rings is 1. The van der Waals surface area contributed by atoms with Gasteiger partial charge in [-0.3, -0.25) is 0 Å². The van der Waals surface area contributed by atoms with Gasteiger partial charge in [-0.2, -0.15) is 4.98 Å². The van der Waals surface area contributed by atoms with Gasteiger partial charge in [-0.25, -0.2) is 0 Å². The minimum absolute atomic E-state index is 0.663. The number of hydrogen-bond acceptors (Lipinski definition) is 5. The largest absolute Gasteiger partial charge is 0.339 e. The summed E-state index contributed by atoms with van der Waals surface area (Å²) in [6.45, 7) is 2.96. The standard InChI is InChI=1S/C14H20BrN3OS/c1-2-3-10(8-9-16)4-7-13-17-14(18-19-13)11-5-6-12(15)20-11/h5-6,10H,2-4,7-9,16H2,1H3. The van der Waals surface area contributed by atoms with Crippen LogP contribution in [0.25, 0.3) is 10.7 Å². The van der Waals surface area contributed by atoms with Crippen LogP contribution in [0.4, 0.5) is 0 Å². The lowest BCUT2D eigenvalue weighted by atomic mass is 9.94.